The first-order valence-electron chi connectivity index (χ1n) is 9.20. The average molecular weight is 393 g/mol. The molecule has 2 saturated heterocycles. The molecule has 2 aromatic rings. The summed E-state index contributed by atoms with van der Waals surface area (Å²) in [7, 11) is 0. The topological polar surface area (TPSA) is 70.4 Å². The largest absolute Gasteiger partial charge is 0.465 e. The SMILES string of the molecule is O=C1OCC[C@@H]1Sc1nc2sc3c(c2c(=O)n1C[C@@H]1CCCO1)CCC3. The van der Waals surface area contributed by atoms with E-state index in [4.69, 9.17) is 14.5 Å². The van der Waals surface area contributed by atoms with Gasteiger partial charge < -0.3 is 9.47 Å². The molecule has 2 fully saturated rings. The minimum Gasteiger partial charge on any atom is -0.465 e. The van der Waals surface area contributed by atoms with Gasteiger partial charge in [-0.1, -0.05) is 11.8 Å². The van der Waals surface area contributed by atoms with Crippen molar-refractivity contribution >= 4 is 39.3 Å². The Hall–Kier alpha value is -1.38. The molecule has 0 N–H and O–H groups in total. The molecule has 4 heterocycles. The number of rotatable bonds is 4. The summed E-state index contributed by atoms with van der Waals surface area (Å²) in [6.07, 6.45) is 5.83. The summed E-state index contributed by atoms with van der Waals surface area (Å²) in [4.78, 5) is 32.2. The Kier molecular flexibility index (Phi) is 4.29. The molecule has 0 amide bonds. The Labute approximate surface area is 158 Å². The molecule has 2 atom stereocenters. The van der Waals surface area contributed by atoms with Crippen molar-refractivity contribution in [2.45, 2.75) is 61.6 Å². The van der Waals surface area contributed by atoms with Gasteiger partial charge in [0.05, 0.1) is 24.6 Å². The Bertz CT molecular complexity index is 929. The molecule has 3 aliphatic rings. The van der Waals surface area contributed by atoms with Gasteiger partial charge in [-0.05, 0) is 37.7 Å². The number of thioether (sulfide) groups is 1. The van der Waals surface area contributed by atoms with Crippen molar-refractivity contribution in [3.63, 3.8) is 0 Å². The van der Waals surface area contributed by atoms with Crippen LogP contribution in [0.3, 0.4) is 0 Å². The van der Waals surface area contributed by atoms with Gasteiger partial charge in [-0.3, -0.25) is 14.2 Å². The van der Waals surface area contributed by atoms with Crippen molar-refractivity contribution in [1.29, 1.82) is 0 Å². The number of thiophene rings is 1. The van der Waals surface area contributed by atoms with Crippen LogP contribution in [0.1, 0.15) is 36.1 Å². The summed E-state index contributed by atoms with van der Waals surface area (Å²) in [5.41, 5.74) is 1.22. The smallest absolute Gasteiger partial charge is 0.319 e. The minimum absolute atomic E-state index is 0.0266. The van der Waals surface area contributed by atoms with Crippen LogP contribution in [0.4, 0.5) is 0 Å². The highest BCUT2D eigenvalue weighted by Crippen LogP contribution is 2.37. The Balaban J connectivity index is 1.61. The number of aromatic nitrogens is 2. The highest BCUT2D eigenvalue weighted by atomic mass is 32.2. The summed E-state index contributed by atoms with van der Waals surface area (Å²) in [5.74, 6) is -0.207. The molecule has 0 bridgehead atoms. The number of ether oxygens (including phenoxy) is 2. The van der Waals surface area contributed by atoms with Gasteiger partial charge in [-0.15, -0.1) is 11.3 Å². The van der Waals surface area contributed by atoms with Crippen LogP contribution in [0.2, 0.25) is 0 Å². The minimum atomic E-state index is -0.276. The lowest BCUT2D eigenvalue weighted by Crippen LogP contribution is -2.29. The summed E-state index contributed by atoms with van der Waals surface area (Å²) in [6, 6.07) is 0. The predicted molar refractivity (Wildman–Crippen MR) is 100 cm³/mol. The molecule has 138 valence electrons. The van der Waals surface area contributed by atoms with Crippen molar-refractivity contribution < 1.29 is 14.3 Å². The molecule has 0 radical (unpaired) electrons. The number of carbonyl (C=O) groups is 1. The maximum atomic E-state index is 13.4. The third-order valence-electron chi connectivity index (χ3n) is 5.33. The molecule has 26 heavy (non-hydrogen) atoms. The van der Waals surface area contributed by atoms with Crippen LogP contribution in [-0.2, 0) is 33.7 Å². The number of carbonyl (C=O) groups excluding carboxylic acids is 1. The Morgan fingerprint density at radius 2 is 2.12 bits per heavy atom. The number of nitrogens with zero attached hydrogens (tertiary/aromatic N) is 2. The number of hydrogen-bond donors (Lipinski definition) is 0. The number of cyclic esters (lactones) is 1. The first-order chi connectivity index (χ1) is 12.7. The molecule has 2 aromatic heterocycles. The zero-order valence-electron chi connectivity index (χ0n) is 14.4. The molecular weight excluding hydrogens is 372 g/mol. The van der Waals surface area contributed by atoms with Gasteiger partial charge in [0.1, 0.15) is 10.1 Å². The van der Waals surface area contributed by atoms with Crippen molar-refractivity contribution in [1.82, 2.24) is 9.55 Å². The highest BCUT2D eigenvalue weighted by Gasteiger charge is 2.31. The van der Waals surface area contributed by atoms with Crippen molar-refractivity contribution in [2.75, 3.05) is 13.2 Å². The first-order valence-corrected chi connectivity index (χ1v) is 10.9. The molecular formula is C18H20N2O4S2. The fraction of sp³-hybridized carbons (Fsp3) is 0.611. The van der Waals surface area contributed by atoms with E-state index in [1.54, 1.807) is 15.9 Å². The Morgan fingerprint density at radius 3 is 2.88 bits per heavy atom. The quantitative estimate of drug-likeness (QED) is 0.588. The van der Waals surface area contributed by atoms with Crippen LogP contribution in [0.15, 0.2) is 9.95 Å². The maximum Gasteiger partial charge on any atom is 0.319 e. The lowest BCUT2D eigenvalue weighted by Gasteiger charge is -2.17. The second kappa shape index (κ2) is 6.65. The number of fused-ring (bicyclic) bond motifs is 3. The zero-order chi connectivity index (χ0) is 17.7. The van der Waals surface area contributed by atoms with Crippen LogP contribution in [-0.4, -0.2) is 40.1 Å². The van der Waals surface area contributed by atoms with E-state index >= 15 is 0 Å². The van der Waals surface area contributed by atoms with E-state index in [1.807, 2.05) is 0 Å². The second-order valence-corrected chi connectivity index (χ2v) is 9.30. The molecule has 0 spiro atoms. The summed E-state index contributed by atoms with van der Waals surface area (Å²) >= 11 is 3.01. The second-order valence-electron chi connectivity index (χ2n) is 7.05. The zero-order valence-corrected chi connectivity index (χ0v) is 16.0. The summed E-state index contributed by atoms with van der Waals surface area (Å²) in [6.45, 7) is 1.71. The fourth-order valence-electron chi connectivity index (χ4n) is 4.01. The third kappa shape index (κ3) is 2.78. The van der Waals surface area contributed by atoms with Gasteiger partial charge in [-0.25, -0.2) is 4.98 Å². The van der Waals surface area contributed by atoms with Gasteiger partial charge in [0, 0.05) is 17.9 Å². The van der Waals surface area contributed by atoms with Gasteiger partial charge >= 0.3 is 5.97 Å². The van der Waals surface area contributed by atoms with E-state index in [0.717, 1.165) is 48.9 Å². The average Bonchev–Trinajstić information content (AvgIpc) is 3.37. The normalized spacial score (nSPS) is 25.2. The fourth-order valence-corrected chi connectivity index (χ4v) is 6.38. The van der Waals surface area contributed by atoms with E-state index in [2.05, 4.69) is 0 Å². The number of esters is 1. The molecule has 6 nitrogen and oxygen atoms in total. The van der Waals surface area contributed by atoms with E-state index < -0.39 is 0 Å². The van der Waals surface area contributed by atoms with Gasteiger partial charge in [0.15, 0.2) is 5.16 Å². The van der Waals surface area contributed by atoms with Gasteiger partial charge in [-0.2, -0.15) is 0 Å². The standard InChI is InChI=1S/C18H20N2O4S2/c21-16-14-11-4-1-5-12(11)25-15(14)19-18(26-13-6-8-24-17(13)22)20(16)9-10-3-2-7-23-10/h10,13H,1-9H2/t10-,13-/m0/s1. The monoisotopic (exact) mass is 392 g/mol. The van der Waals surface area contributed by atoms with Crippen LogP contribution < -0.4 is 5.56 Å². The van der Waals surface area contributed by atoms with Crippen LogP contribution in [0.5, 0.6) is 0 Å². The number of aryl methyl sites for hydroxylation is 2. The molecule has 5 rings (SSSR count). The maximum absolute atomic E-state index is 13.4. The summed E-state index contributed by atoms with van der Waals surface area (Å²) < 4.78 is 12.6. The van der Waals surface area contributed by atoms with Crippen molar-refractivity contribution in [3.8, 4) is 0 Å². The first kappa shape index (κ1) is 16.8. The van der Waals surface area contributed by atoms with E-state index in [1.165, 1.54) is 22.2 Å². The Morgan fingerprint density at radius 1 is 1.19 bits per heavy atom. The number of hydrogen-bond acceptors (Lipinski definition) is 7. The van der Waals surface area contributed by atoms with Crippen molar-refractivity contribution in [2.24, 2.45) is 0 Å². The lowest BCUT2D eigenvalue weighted by atomic mass is 10.2. The molecule has 0 unspecified atom stereocenters. The molecule has 0 aromatic carbocycles. The van der Waals surface area contributed by atoms with E-state index in [-0.39, 0.29) is 22.9 Å². The third-order valence-corrected chi connectivity index (χ3v) is 7.76. The van der Waals surface area contributed by atoms with E-state index in [0.29, 0.717) is 24.7 Å². The molecule has 8 heteroatoms. The predicted octanol–water partition coefficient (Wildman–Crippen LogP) is 2.53. The van der Waals surface area contributed by atoms with Crippen LogP contribution >= 0.6 is 23.1 Å². The van der Waals surface area contributed by atoms with Gasteiger partial charge in [0.2, 0.25) is 0 Å². The molecule has 1 aliphatic carbocycles. The summed E-state index contributed by atoms with van der Waals surface area (Å²) in [5, 5.41) is 1.14. The van der Waals surface area contributed by atoms with Crippen LogP contribution in [0, 0.1) is 0 Å². The van der Waals surface area contributed by atoms with Crippen molar-refractivity contribution in [3.05, 3.63) is 20.8 Å². The van der Waals surface area contributed by atoms with Gasteiger partial charge in [0.25, 0.3) is 5.56 Å². The molecule has 0 saturated carbocycles. The molecule has 2 aliphatic heterocycles. The van der Waals surface area contributed by atoms with Crippen LogP contribution in [0.25, 0.3) is 10.2 Å². The lowest BCUT2D eigenvalue weighted by molar-refractivity contribution is -0.137. The highest BCUT2D eigenvalue weighted by molar-refractivity contribution is 8.00. The van der Waals surface area contributed by atoms with E-state index in [9.17, 15) is 9.59 Å².